The van der Waals surface area contributed by atoms with E-state index in [2.05, 4.69) is 36.1 Å². The quantitative estimate of drug-likeness (QED) is 0.634. The minimum atomic E-state index is -1.12. The van der Waals surface area contributed by atoms with E-state index in [1.165, 1.54) is 0 Å². The van der Waals surface area contributed by atoms with Crippen LogP contribution >= 0.6 is 0 Å². The number of nitrogens with zero attached hydrogens (tertiary/aromatic N) is 2. The summed E-state index contributed by atoms with van der Waals surface area (Å²) < 4.78 is 5.31. The van der Waals surface area contributed by atoms with Crippen molar-refractivity contribution >= 4 is 11.5 Å². The van der Waals surface area contributed by atoms with E-state index in [4.69, 9.17) is 9.73 Å². The molecule has 3 aromatic rings. The molecule has 154 valence electrons. The molecule has 0 saturated heterocycles. The standard InChI is InChI=1S/C26H28N2O2/c1-20-19-28(23-13-15-24(30-2)16-14-23)25(27-20)26(29,17-21-9-5-3-6-10-21)18-22-11-7-4-8-12-22/h3-16,20,29H,17-19H2,1-2H3/t20-/m0/s1. The van der Waals surface area contributed by atoms with Crippen molar-refractivity contribution in [1.82, 2.24) is 0 Å². The highest BCUT2D eigenvalue weighted by Gasteiger charge is 2.41. The van der Waals surface area contributed by atoms with Crippen LogP contribution in [0.15, 0.2) is 89.9 Å². The first kappa shape index (κ1) is 20.2. The topological polar surface area (TPSA) is 45.1 Å². The van der Waals surface area contributed by atoms with E-state index in [9.17, 15) is 5.11 Å². The second-order valence-electron chi connectivity index (χ2n) is 7.97. The monoisotopic (exact) mass is 400 g/mol. The van der Waals surface area contributed by atoms with Crippen molar-refractivity contribution < 1.29 is 9.84 Å². The van der Waals surface area contributed by atoms with Crippen LogP contribution in [0.2, 0.25) is 0 Å². The van der Waals surface area contributed by atoms with Gasteiger partial charge in [-0.25, -0.2) is 0 Å². The number of amidine groups is 1. The molecule has 4 nitrogen and oxygen atoms in total. The molecule has 1 aliphatic rings. The first-order chi connectivity index (χ1) is 14.6. The zero-order valence-electron chi connectivity index (χ0n) is 17.5. The second kappa shape index (κ2) is 8.72. The van der Waals surface area contributed by atoms with E-state index in [1.807, 2.05) is 60.7 Å². The van der Waals surface area contributed by atoms with E-state index >= 15 is 0 Å². The van der Waals surface area contributed by atoms with Crippen molar-refractivity contribution in [2.24, 2.45) is 4.99 Å². The van der Waals surface area contributed by atoms with Gasteiger partial charge in [0, 0.05) is 25.1 Å². The van der Waals surface area contributed by atoms with E-state index < -0.39 is 5.60 Å². The van der Waals surface area contributed by atoms with Gasteiger partial charge in [0.2, 0.25) is 0 Å². The minimum absolute atomic E-state index is 0.111. The van der Waals surface area contributed by atoms with Gasteiger partial charge in [0.25, 0.3) is 0 Å². The van der Waals surface area contributed by atoms with Crippen molar-refractivity contribution in [2.75, 3.05) is 18.6 Å². The fourth-order valence-corrected chi connectivity index (χ4v) is 4.12. The molecular weight excluding hydrogens is 372 g/mol. The Morgan fingerprint density at radius 3 is 1.93 bits per heavy atom. The number of rotatable bonds is 7. The normalized spacial score (nSPS) is 16.4. The molecule has 4 rings (SSSR count). The summed E-state index contributed by atoms with van der Waals surface area (Å²) in [7, 11) is 1.66. The highest BCUT2D eigenvalue weighted by atomic mass is 16.5. The molecule has 0 spiro atoms. The number of aliphatic hydroxyl groups is 1. The highest BCUT2D eigenvalue weighted by molar-refractivity contribution is 6.05. The Kier molecular flexibility index (Phi) is 5.86. The molecule has 0 bridgehead atoms. The average molecular weight is 401 g/mol. The van der Waals surface area contributed by atoms with Gasteiger partial charge in [-0.05, 0) is 42.3 Å². The first-order valence-electron chi connectivity index (χ1n) is 10.4. The lowest BCUT2D eigenvalue weighted by molar-refractivity contribution is 0.111. The number of hydrogen-bond donors (Lipinski definition) is 1. The summed E-state index contributed by atoms with van der Waals surface area (Å²) >= 11 is 0. The fourth-order valence-electron chi connectivity index (χ4n) is 4.12. The van der Waals surface area contributed by atoms with E-state index in [0.29, 0.717) is 12.8 Å². The van der Waals surface area contributed by atoms with Gasteiger partial charge in [0.15, 0.2) is 0 Å². The molecule has 1 N–H and O–H groups in total. The molecule has 0 amide bonds. The van der Waals surface area contributed by atoms with Crippen LogP contribution in [0.4, 0.5) is 5.69 Å². The largest absolute Gasteiger partial charge is 0.497 e. The van der Waals surface area contributed by atoms with Gasteiger partial charge in [-0.1, -0.05) is 60.7 Å². The number of anilines is 1. The Morgan fingerprint density at radius 1 is 0.900 bits per heavy atom. The molecule has 0 aliphatic carbocycles. The number of hydrogen-bond acceptors (Lipinski definition) is 4. The third-order valence-electron chi connectivity index (χ3n) is 5.52. The summed E-state index contributed by atoms with van der Waals surface area (Å²) in [5.41, 5.74) is 2.08. The van der Waals surface area contributed by atoms with Crippen molar-refractivity contribution in [3.63, 3.8) is 0 Å². The molecule has 0 unspecified atom stereocenters. The van der Waals surface area contributed by atoms with Crippen LogP contribution in [0.1, 0.15) is 18.1 Å². The Balaban J connectivity index is 1.72. The SMILES string of the molecule is COc1ccc(N2C[C@H](C)N=C2C(O)(Cc2ccccc2)Cc2ccccc2)cc1. The molecule has 0 radical (unpaired) electrons. The molecular formula is C26H28N2O2. The van der Waals surface area contributed by atoms with Crippen LogP contribution in [-0.2, 0) is 12.8 Å². The second-order valence-corrected chi connectivity index (χ2v) is 7.97. The summed E-state index contributed by atoms with van der Waals surface area (Å²) in [6.07, 6.45) is 1.00. The summed E-state index contributed by atoms with van der Waals surface area (Å²) in [6, 6.07) is 28.4. The van der Waals surface area contributed by atoms with E-state index in [1.54, 1.807) is 7.11 Å². The summed E-state index contributed by atoms with van der Waals surface area (Å²) in [6.45, 7) is 2.84. The predicted octanol–water partition coefficient (Wildman–Crippen LogP) is 4.52. The third-order valence-corrected chi connectivity index (χ3v) is 5.52. The van der Waals surface area contributed by atoms with Gasteiger partial charge >= 0.3 is 0 Å². The van der Waals surface area contributed by atoms with Gasteiger partial charge in [0.1, 0.15) is 17.2 Å². The number of benzene rings is 3. The average Bonchev–Trinajstić information content (AvgIpc) is 3.18. The number of ether oxygens (including phenoxy) is 1. The van der Waals surface area contributed by atoms with Crippen LogP contribution in [0.3, 0.4) is 0 Å². The number of methoxy groups -OCH3 is 1. The first-order valence-corrected chi connectivity index (χ1v) is 10.4. The van der Waals surface area contributed by atoms with Gasteiger partial charge < -0.3 is 14.7 Å². The predicted molar refractivity (Wildman–Crippen MR) is 122 cm³/mol. The maximum absolute atomic E-state index is 12.1. The van der Waals surface area contributed by atoms with Crippen LogP contribution in [0.5, 0.6) is 5.75 Å². The van der Waals surface area contributed by atoms with Crippen molar-refractivity contribution in [3.8, 4) is 5.75 Å². The summed E-state index contributed by atoms with van der Waals surface area (Å²) in [4.78, 5) is 7.06. The lowest BCUT2D eigenvalue weighted by Crippen LogP contribution is -2.50. The van der Waals surface area contributed by atoms with E-state index in [0.717, 1.165) is 34.9 Å². The zero-order valence-corrected chi connectivity index (χ0v) is 17.5. The molecule has 4 heteroatoms. The molecule has 1 aliphatic heterocycles. The lowest BCUT2D eigenvalue weighted by Gasteiger charge is -2.34. The van der Waals surface area contributed by atoms with Gasteiger partial charge in [0.05, 0.1) is 13.2 Å². The smallest absolute Gasteiger partial charge is 0.137 e. The minimum Gasteiger partial charge on any atom is -0.497 e. The van der Waals surface area contributed by atoms with Gasteiger partial charge in [-0.2, -0.15) is 0 Å². The van der Waals surface area contributed by atoms with Gasteiger partial charge in [-0.15, -0.1) is 0 Å². The Hall–Kier alpha value is -3.11. The Bertz CT molecular complexity index is 943. The third kappa shape index (κ3) is 4.39. The molecule has 1 atom stereocenters. The zero-order chi connectivity index (χ0) is 21.0. The molecule has 0 fully saturated rings. The lowest BCUT2D eigenvalue weighted by atomic mass is 9.86. The molecule has 1 heterocycles. The van der Waals surface area contributed by atoms with Crippen LogP contribution in [0.25, 0.3) is 0 Å². The van der Waals surface area contributed by atoms with Crippen LogP contribution in [-0.4, -0.2) is 36.2 Å². The Morgan fingerprint density at radius 2 is 1.43 bits per heavy atom. The van der Waals surface area contributed by atoms with Crippen LogP contribution < -0.4 is 9.64 Å². The Labute approximate surface area is 178 Å². The van der Waals surface area contributed by atoms with Crippen molar-refractivity contribution in [1.29, 1.82) is 0 Å². The summed E-state index contributed by atoms with van der Waals surface area (Å²) in [5.74, 6) is 1.54. The van der Waals surface area contributed by atoms with E-state index in [-0.39, 0.29) is 6.04 Å². The van der Waals surface area contributed by atoms with Crippen molar-refractivity contribution in [2.45, 2.75) is 31.4 Å². The molecule has 0 aromatic heterocycles. The maximum Gasteiger partial charge on any atom is 0.137 e. The highest BCUT2D eigenvalue weighted by Crippen LogP contribution is 2.31. The molecule has 3 aromatic carbocycles. The van der Waals surface area contributed by atoms with Crippen LogP contribution in [0, 0.1) is 0 Å². The maximum atomic E-state index is 12.1. The fraction of sp³-hybridized carbons (Fsp3) is 0.269. The number of aliphatic imine (C=N–C) groups is 1. The van der Waals surface area contributed by atoms with Gasteiger partial charge in [-0.3, -0.25) is 4.99 Å². The molecule has 0 saturated carbocycles. The summed E-state index contributed by atoms with van der Waals surface area (Å²) in [5, 5.41) is 12.1. The van der Waals surface area contributed by atoms with Crippen molar-refractivity contribution in [3.05, 3.63) is 96.1 Å². The molecule has 30 heavy (non-hydrogen) atoms.